The molecule has 0 fully saturated rings. The van der Waals surface area contributed by atoms with Crippen LogP contribution in [0.2, 0.25) is 0 Å². The van der Waals surface area contributed by atoms with Crippen molar-refractivity contribution in [3.8, 4) is 0 Å². The van der Waals surface area contributed by atoms with Crippen molar-refractivity contribution < 1.29 is 14.6 Å². The highest BCUT2D eigenvalue weighted by Crippen LogP contribution is 2.21. The maximum absolute atomic E-state index is 12.3. The Morgan fingerprint density at radius 1 is 1.00 bits per heavy atom. The Bertz CT molecular complexity index is 576. The molecule has 1 atom stereocenters. The molecule has 0 saturated carbocycles. The number of carbonyl (C=O) groups is 1. The molecule has 2 rings (SSSR count). The first-order valence-corrected chi connectivity index (χ1v) is 6.76. The molecule has 0 radical (unpaired) electrons. The molecule has 0 aliphatic heterocycles. The van der Waals surface area contributed by atoms with Crippen LogP contribution in [0.4, 0.5) is 0 Å². The highest BCUT2D eigenvalue weighted by atomic mass is 16.4. The Hall–Kier alpha value is -1.97. The van der Waals surface area contributed by atoms with E-state index in [1.807, 2.05) is 44.2 Å². The van der Waals surface area contributed by atoms with Gasteiger partial charge in [0, 0.05) is 19.8 Å². The summed E-state index contributed by atoms with van der Waals surface area (Å²) >= 11 is 0. The first-order valence-electron chi connectivity index (χ1n) is 6.76. The van der Waals surface area contributed by atoms with E-state index in [-0.39, 0.29) is 5.78 Å². The number of benzene rings is 2. The quantitative estimate of drug-likeness (QED) is 0.879. The summed E-state index contributed by atoms with van der Waals surface area (Å²) in [5.74, 6) is -0.248. The van der Waals surface area contributed by atoms with Crippen LogP contribution in [0.1, 0.15) is 33.2 Å². The average Bonchev–Trinajstić information content (AvgIpc) is 2.50. The summed E-state index contributed by atoms with van der Waals surface area (Å²) in [6.45, 7) is 3.86. The van der Waals surface area contributed by atoms with Crippen LogP contribution in [-0.2, 0) is 4.74 Å². The lowest BCUT2D eigenvalue weighted by molar-refractivity contribution is 0.0746. The molecule has 0 saturated heterocycles. The van der Waals surface area contributed by atoms with E-state index in [0.29, 0.717) is 11.1 Å². The molecular weight excluding hydrogens is 264 g/mol. The number of Topliss-reactive ketones (excluding diaryl/α,β-unsaturated/α-hetero) is 1. The minimum absolute atomic E-state index is 0.248. The SMILES string of the molecule is COC.Cc1cccc(C(=O)C(O)c2ccccc2)c1C. The fraction of sp³-hybridized carbons (Fsp3) is 0.278. The molecule has 0 heterocycles. The molecule has 0 bridgehead atoms. The number of hydrogen-bond acceptors (Lipinski definition) is 3. The molecule has 0 aromatic heterocycles. The molecule has 0 spiro atoms. The largest absolute Gasteiger partial charge is 0.388 e. The summed E-state index contributed by atoms with van der Waals surface area (Å²) in [5.41, 5.74) is 3.20. The summed E-state index contributed by atoms with van der Waals surface area (Å²) in [7, 11) is 3.25. The van der Waals surface area contributed by atoms with Crippen molar-refractivity contribution in [2.45, 2.75) is 20.0 Å². The zero-order valence-electron chi connectivity index (χ0n) is 13.0. The molecule has 21 heavy (non-hydrogen) atoms. The molecule has 2 aromatic carbocycles. The van der Waals surface area contributed by atoms with E-state index in [2.05, 4.69) is 4.74 Å². The summed E-state index contributed by atoms with van der Waals surface area (Å²) in [6.07, 6.45) is -1.09. The first-order chi connectivity index (χ1) is 10.0. The third-order valence-corrected chi connectivity index (χ3v) is 3.23. The van der Waals surface area contributed by atoms with Gasteiger partial charge < -0.3 is 9.84 Å². The molecule has 3 heteroatoms. The first kappa shape index (κ1) is 17.1. The van der Waals surface area contributed by atoms with Gasteiger partial charge in [0.05, 0.1) is 0 Å². The number of aliphatic hydroxyl groups is 1. The molecule has 0 amide bonds. The average molecular weight is 286 g/mol. The Kier molecular flexibility index (Phi) is 6.79. The molecule has 112 valence electrons. The van der Waals surface area contributed by atoms with Crippen molar-refractivity contribution in [1.29, 1.82) is 0 Å². The summed E-state index contributed by atoms with van der Waals surface area (Å²) in [6, 6.07) is 14.6. The molecule has 0 aliphatic rings. The van der Waals surface area contributed by atoms with Crippen LogP contribution in [0.3, 0.4) is 0 Å². The lowest BCUT2D eigenvalue weighted by Gasteiger charge is -2.13. The lowest BCUT2D eigenvalue weighted by atomic mass is 9.94. The minimum Gasteiger partial charge on any atom is -0.388 e. The van der Waals surface area contributed by atoms with Gasteiger partial charge in [-0.1, -0.05) is 48.5 Å². The second kappa shape index (κ2) is 8.35. The highest BCUT2D eigenvalue weighted by molar-refractivity contribution is 6.01. The number of methoxy groups -OCH3 is 1. The Labute approximate surface area is 126 Å². The van der Waals surface area contributed by atoms with Crippen molar-refractivity contribution in [2.75, 3.05) is 14.2 Å². The van der Waals surface area contributed by atoms with E-state index in [1.54, 1.807) is 32.4 Å². The van der Waals surface area contributed by atoms with Crippen LogP contribution < -0.4 is 0 Å². The van der Waals surface area contributed by atoms with Crippen LogP contribution in [0.5, 0.6) is 0 Å². The summed E-state index contributed by atoms with van der Waals surface area (Å²) < 4.78 is 4.25. The van der Waals surface area contributed by atoms with Crippen LogP contribution >= 0.6 is 0 Å². The second-order valence-electron chi connectivity index (χ2n) is 4.83. The van der Waals surface area contributed by atoms with Gasteiger partial charge in [-0.05, 0) is 30.5 Å². The van der Waals surface area contributed by atoms with Crippen LogP contribution in [-0.4, -0.2) is 25.1 Å². The van der Waals surface area contributed by atoms with Gasteiger partial charge in [-0.25, -0.2) is 0 Å². The maximum Gasteiger partial charge on any atom is 0.196 e. The fourth-order valence-corrected chi connectivity index (χ4v) is 1.95. The number of hydrogen-bond donors (Lipinski definition) is 1. The zero-order valence-corrected chi connectivity index (χ0v) is 13.0. The van der Waals surface area contributed by atoms with Gasteiger partial charge in [0.1, 0.15) is 6.10 Å². The van der Waals surface area contributed by atoms with Gasteiger partial charge in [-0.15, -0.1) is 0 Å². The molecule has 2 aromatic rings. The van der Waals surface area contributed by atoms with E-state index in [1.165, 1.54) is 0 Å². The van der Waals surface area contributed by atoms with Gasteiger partial charge in [-0.3, -0.25) is 4.79 Å². The van der Waals surface area contributed by atoms with E-state index in [4.69, 9.17) is 0 Å². The number of rotatable bonds is 3. The molecular formula is C18H22O3. The number of ketones is 1. The number of aryl methyl sites for hydroxylation is 1. The van der Waals surface area contributed by atoms with Crippen LogP contribution in [0, 0.1) is 13.8 Å². The minimum atomic E-state index is -1.09. The smallest absolute Gasteiger partial charge is 0.196 e. The van der Waals surface area contributed by atoms with Gasteiger partial charge in [-0.2, -0.15) is 0 Å². The van der Waals surface area contributed by atoms with Crippen molar-refractivity contribution in [1.82, 2.24) is 0 Å². The Morgan fingerprint density at radius 2 is 1.57 bits per heavy atom. The molecule has 0 aliphatic carbocycles. The van der Waals surface area contributed by atoms with E-state index in [0.717, 1.165) is 11.1 Å². The van der Waals surface area contributed by atoms with Gasteiger partial charge in [0.2, 0.25) is 0 Å². The van der Waals surface area contributed by atoms with Gasteiger partial charge >= 0.3 is 0 Å². The second-order valence-corrected chi connectivity index (χ2v) is 4.83. The highest BCUT2D eigenvalue weighted by Gasteiger charge is 2.20. The third-order valence-electron chi connectivity index (χ3n) is 3.23. The van der Waals surface area contributed by atoms with Crippen LogP contribution in [0.25, 0.3) is 0 Å². The summed E-state index contributed by atoms with van der Waals surface area (Å²) in [4.78, 5) is 12.3. The fourth-order valence-electron chi connectivity index (χ4n) is 1.95. The lowest BCUT2D eigenvalue weighted by Crippen LogP contribution is -2.13. The Morgan fingerprint density at radius 3 is 2.14 bits per heavy atom. The number of aliphatic hydroxyl groups excluding tert-OH is 1. The predicted molar refractivity (Wildman–Crippen MR) is 84.6 cm³/mol. The van der Waals surface area contributed by atoms with E-state index >= 15 is 0 Å². The van der Waals surface area contributed by atoms with Crippen molar-refractivity contribution in [2.24, 2.45) is 0 Å². The monoisotopic (exact) mass is 286 g/mol. The van der Waals surface area contributed by atoms with E-state index in [9.17, 15) is 9.90 Å². The third kappa shape index (κ3) is 4.52. The maximum atomic E-state index is 12.3. The standard InChI is InChI=1S/C16H16O2.C2H6O/c1-11-7-6-10-14(12(11)2)16(18)15(17)13-8-4-3-5-9-13;1-3-2/h3-10,15,17H,1-2H3;1-2H3. The predicted octanol–water partition coefficient (Wildman–Crippen LogP) is 3.48. The molecule has 1 N–H and O–H groups in total. The Balaban J connectivity index is 0.000000677. The van der Waals surface area contributed by atoms with E-state index < -0.39 is 6.10 Å². The molecule has 3 nitrogen and oxygen atoms in total. The van der Waals surface area contributed by atoms with Gasteiger partial charge in [0.15, 0.2) is 5.78 Å². The van der Waals surface area contributed by atoms with Crippen molar-refractivity contribution >= 4 is 5.78 Å². The topological polar surface area (TPSA) is 46.5 Å². The van der Waals surface area contributed by atoms with Crippen LogP contribution in [0.15, 0.2) is 48.5 Å². The van der Waals surface area contributed by atoms with Crippen molar-refractivity contribution in [3.05, 3.63) is 70.8 Å². The molecule has 1 unspecified atom stereocenters. The number of ether oxygens (including phenoxy) is 1. The van der Waals surface area contributed by atoms with Crippen molar-refractivity contribution in [3.63, 3.8) is 0 Å². The normalized spacial score (nSPS) is 11.3. The number of carbonyl (C=O) groups excluding carboxylic acids is 1. The summed E-state index contributed by atoms with van der Waals surface area (Å²) in [5, 5.41) is 10.1. The van der Waals surface area contributed by atoms with Gasteiger partial charge in [0.25, 0.3) is 0 Å². The zero-order chi connectivity index (χ0) is 15.8.